The summed E-state index contributed by atoms with van der Waals surface area (Å²) in [5.41, 5.74) is 2.58. The van der Waals surface area contributed by atoms with Gasteiger partial charge in [0.15, 0.2) is 5.16 Å². The Hall–Kier alpha value is -1.05. The average molecular weight is 296 g/mol. The van der Waals surface area contributed by atoms with Crippen molar-refractivity contribution in [1.82, 2.24) is 14.9 Å². The molecule has 1 fully saturated rings. The quantitative estimate of drug-likeness (QED) is 0.319. The Kier molecular flexibility index (Phi) is 5.87. The van der Waals surface area contributed by atoms with E-state index < -0.39 is 0 Å². The van der Waals surface area contributed by atoms with Crippen LogP contribution in [0.3, 0.4) is 0 Å². The van der Waals surface area contributed by atoms with E-state index in [0.717, 1.165) is 12.4 Å². The Bertz CT molecular complexity index is 399. The van der Waals surface area contributed by atoms with Gasteiger partial charge in [0.2, 0.25) is 0 Å². The van der Waals surface area contributed by atoms with Gasteiger partial charge in [-0.2, -0.15) is 0 Å². The molecule has 1 unspecified atom stereocenters. The third kappa shape index (κ3) is 4.50. The maximum Gasteiger partial charge on any atom is 0.191 e. The summed E-state index contributed by atoms with van der Waals surface area (Å²) >= 11 is 1.51. The number of nitrogens with two attached hydrogens (primary N) is 1. The second-order valence-corrected chi connectivity index (χ2v) is 5.95. The number of thioether (sulfide) groups is 1. The molecular formula is C13H24N6S. The van der Waals surface area contributed by atoms with E-state index in [1.165, 1.54) is 44.1 Å². The number of piperidine rings is 1. The van der Waals surface area contributed by atoms with Crippen LogP contribution in [0.4, 0.5) is 11.6 Å². The van der Waals surface area contributed by atoms with Crippen molar-refractivity contribution < 1.29 is 0 Å². The standard InChI is InChI=1S/C13H24N6S/c1-10(9-19-6-4-3-5-7-19)15-11-8-12(18-14)17-13(16-11)20-2/h8,10H,3-7,9,14H2,1-2H3,(H2,15,16,17,18). The van der Waals surface area contributed by atoms with Gasteiger partial charge in [-0.3, -0.25) is 0 Å². The van der Waals surface area contributed by atoms with Crippen molar-refractivity contribution in [3.8, 4) is 0 Å². The van der Waals surface area contributed by atoms with Crippen molar-refractivity contribution in [3.63, 3.8) is 0 Å². The molecule has 1 atom stereocenters. The third-order valence-electron chi connectivity index (χ3n) is 3.41. The predicted molar refractivity (Wildman–Crippen MR) is 85.0 cm³/mol. The zero-order valence-corrected chi connectivity index (χ0v) is 13.0. The molecule has 1 saturated heterocycles. The lowest BCUT2D eigenvalue weighted by Crippen LogP contribution is -2.38. The summed E-state index contributed by atoms with van der Waals surface area (Å²) in [6.45, 7) is 5.65. The molecule has 112 valence electrons. The van der Waals surface area contributed by atoms with E-state index >= 15 is 0 Å². The van der Waals surface area contributed by atoms with Crippen LogP contribution in [0.2, 0.25) is 0 Å². The molecule has 1 aliphatic heterocycles. The Labute approximate surface area is 124 Å². The molecule has 4 N–H and O–H groups in total. The number of hydrogen-bond acceptors (Lipinski definition) is 7. The Morgan fingerprint density at radius 1 is 1.30 bits per heavy atom. The van der Waals surface area contributed by atoms with E-state index in [9.17, 15) is 0 Å². The minimum Gasteiger partial charge on any atom is -0.366 e. The summed E-state index contributed by atoms with van der Waals surface area (Å²) in [5, 5.41) is 4.15. The summed E-state index contributed by atoms with van der Waals surface area (Å²) in [5.74, 6) is 6.89. The van der Waals surface area contributed by atoms with Crippen molar-refractivity contribution in [3.05, 3.63) is 6.07 Å². The van der Waals surface area contributed by atoms with E-state index in [1.807, 2.05) is 12.3 Å². The van der Waals surface area contributed by atoms with Crippen molar-refractivity contribution in [2.45, 2.75) is 37.4 Å². The smallest absolute Gasteiger partial charge is 0.191 e. The number of rotatable bonds is 6. The number of nitrogens with zero attached hydrogens (tertiary/aromatic N) is 3. The van der Waals surface area contributed by atoms with E-state index in [0.29, 0.717) is 17.0 Å². The molecule has 0 bridgehead atoms. The van der Waals surface area contributed by atoms with Crippen LogP contribution >= 0.6 is 11.8 Å². The zero-order valence-electron chi connectivity index (χ0n) is 12.2. The molecule has 1 aromatic rings. The molecule has 20 heavy (non-hydrogen) atoms. The first kappa shape index (κ1) is 15.3. The van der Waals surface area contributed by atoms with Crippen LogP contribution in [0.15, 0.2) is 11.2 Å². The van der Waals surface area contributed by atoms with Crippen LogP contribution in [-0.2, 0) is 0 Å². The molecule has 2 rings (SSSR count). The predicted octanol–water partition coefficient (Wildman–Crippen LogP) is 1.77. The molecule has 0 spiro atoms. The Morgan fingerprint density at radius 3 is 2.65 bits per heavy atom. The van der Waals surface area contributed by atoms with E-state index in [4.69, 9.17) is 5.84 Å². The lowest BCUT2D eigenvalue weighted by molar-refractivity contribution is 0.223. The van der Waals surface area contributed by atoms with Crippen LogP contribution in [0, 0.1) is 0 Å². The number of hydrazine groups is 1. The summed E-state index contributed by atoms with van der Waals surface area (Å²) < 4.78 is 0. The van der Waals surface area contributed by atoms with Gasteiger partial charge >= 0.3 is 0 Å². The van der Waals surface area contributed by atoms with Crippen molar-refractivity contribution in [1.29, 1.82) is 0 Å². The van der Waals surface area contributed by atoms with Gasteiger partial charge < -0.3 is 15.6 Å². The maximum absolute atomic E-state index is 5.44. The number of anilines is 2. The fourth-order valence-corrected chi connectivity index (χ4v) is 2.87. The topological polar surface area (TPSA) is 79.1 Å². The Morgan fingerprint density at radius 2 is 2.00 bits per heavy atom. The summed E-state index contributed by atoms with van der Waals surface area (Å²) in [6.07, 6.45) is 5.96. The minimum atomic E-state index is 0.350. The SMILES string of the molecule is CSc1nc(NN)cc(NC(C)CN2CCCCC2)n1. The van der Waals surface area contributed by atoms with Gasteiger partial charge in [-0.1, -0.05) is 18.2 Å². The van der Waals surface area contributed by atoms with Crippen LogP contribution in [0.1, 0.15) is 26.2 Å². The van der Waals surface area contributed by atoms with Crippen LogP contribution in [0.5, 0.6) is 0 Å². The highest BCUT2D eigenvalue weighted by molar-refractivity contribution is 7.98. The summed E-state index contributed by atoms with van der Waals surface area (Å²) in [6, 6.07) is 2.19. The van der Waals surface area contributed by atoms with E-state index in [-0.39, 0.29) is 0 Å². The molecule has 2 heterocycles. The normalized spacial score (nSPS) is 17.8. The Balaban J connectivity index is 1.93. The van der Waals surface area contributed by atoms with Crippen LogP contribution < -0.4 is 16.6 Å². The molecule has 1 aliphatic rings. The maximum atomic E-state index is 5.44. The molecule has 1 aromatic heterocycles. The summed E-state index contributed by atoms with van der Waals surface area (Å²) in [7, 11) is 0. The van der Waals surface area contributed by atoms with E-state index in [1.54, 1.807) is 0 Å². The molecule has 0 aromatic carbocycles. The van der Waals surface area contributed by atoms with Crippen LogP contribution in [-0.4, -0.2) is 46.8 Å². The molecule has 0 radical (unpaired) electrons. The first-order valence-electron chi connectivity index (χ1n) is 7.10. The molecular weight excluding hydrogens is 272 g/mol. The summed E-state index contributed by atoms with van der Waals surface area (Å²) in [4.78, 5) is 11.2. The molecule has 6 nitrogen and oxygen atoms in total. The lowest BCUT2D eigenvalue weighted by atomic mass is 10.1. The minimum absolute atomic E-state index is 0.350. The zero-order chi connectivity index (χ0) is 14.4. The van der Waals surface area contributed by atoms with Gasteiger partial charge in [0.05, 0.1) is 0 Å². The second-order valence-electron chi connectivity index (χ2n) is 5.18. The third-order valence-corrected chi connectivity index (χ3v) is 3.96. The fraction of sp³-hybridized carbons (Fsp3) is 0.692. The lowest BCUT2D eigenvalue weighted by Gasteiger charge is -2.29. The highest BCUT2D eigenvalue weighted by Crippen LogP contribution is 2.17. The van der Waals surface area contributed by atoms with Gasteiger partial charge in [0, 0.05) is 18.7 Å². The molecule has 0 amide bonds. The first-order valence-corrected chi connectivity index (χ1v) is 8.32. The van der Waals surface area contributed by atoms with Crippen molar-refractivity contribution in [2.24, 2.45) is 5.84 Å². The fourth-order valence-electron chi connectivity index (χ4n) is 2.49. The van der Waals surface area contributed by atoms with Gasteiger partial charge in [-0.25, -0.2) is 15.8 Å². The van der Waals surface area contributed by atoms with Gasteiger partial charge in [-0.15, -0.1) is 0 Å². The average Bonchev–Trinajstić information content (AvgIpc) is 2.47. The number of hydrogen-bond donors (Lipinski definition) is 3. The van der Waals surface area contributed by atoms with Crippen LogP contribution in [0.25, 0.3) is 0 Å². The molecule has 0 aliphatic carbocycles. The number of likely N-dealkylation sites (tertiary alicyclic amines) is 1. The monoisotopic (exact) mass is 296 g/mol. The van der Waals surface area contributed by atoms with E-state index in [2.05, 4.69) is 32.5 Å². The van der Waals surface area contributed by atoms with Gasteiger partial charge in [0.25, 0.3) is 0 Å². The number of aromatic nitrogens is 2. The molecule has 0 saturated carbocycles. The number of nitrogens with one attached hydrogen (secondary N) is 2. The largest absolute Gasteiger partial charge is 0.366 e. The highest BCUT2D eigenvalue weighted by atomic mass is 32.2. The van der Waals surface area contributed by atoms with Gasteiger partial charge in [-0.05, 0) is 39.1 Å². The molecule has 7 heteroatoms. The van der Waals surface area contributed by atoms with Gasteiger partial charge in [0.1, 0.15) is 11.6 Å². The van der Waals surface area contributed by atoms with Crippen molar-refractivity contribution in [2.75, 3.05) is 36.6 Å². The van der Waals surface area contributed by atoms with Crippen molar-refractivity contribution >= 4 is 23.4 Å². The highest BCUT2D eigenvalue weighted by Gasteiger charge is 2.14. The second kappa shape index (κ2) is 7.66. The number of nitrogen functional groups attached to an aromatic ring is 1. The first-order chi connectivity index (χ1) is 9.71.